The van der Waals surface area contributed by atoms with Crippen molar-refractivity contribution in [2.45, 2.75) is 20.3 Å². The van der Waals surface area contributed by atoms with Crippen LogP contribution in [0, 0.1) is 29.9 Å². The largest absolute Gasteiger partial charge is 0.331 e. The van der Waals surface area contributed by atoms with E-state index in [0.29, 0.717) is 28.6 Å². The fraction of sp³-hybridized carbons (Fsp3) is 0.120. The van der Waals surface area contributed by atoms with Gasteiger partial charge in [-0.05, 0) is 79.2 Å². The zero-order valence-electron chi connectivity index (χ0n) is 17.6. The molecule has 0 saturated heterocycles. The van der Waals surface area contributed by atoms with E-state index in [9.17, 15) is 9.59 Å². The number of aromatic amines is 1. The van der Waals surface area contributed by atoms with Crippen molar-refractivity contribution < 1.29 is 4.79 Å². The lowest BCUT2D eigenvalue weighted by molar-refractivity contribution is 0.102. The van der Waals surface area contributed by atoms with Crippen LogP contribution in [0.25, 0.3) is 16.6 Å². The first-order valence-corrected chi connectivity index (χ1v) is 10.4. The molecule has 1 amide bonds. The van der Waals surface area contributed by atoms with E-state index in [4.69, 9.17) is 17.5 Å². The molecule has 6 nitrogen and oxygen atoms in total. The minimum Gasteiger partial charge on any atom is -0.331 e. The number of carbonyl (C=O) groups excluding carboxylic acids is 1. The molecule has 1 aromatic heterocycles. The normalized spacial score (nSPS) is 10.7. The Morgan fingerprint density at radius 1 is 1.12 bits per heavy atom. The highest BCUT2D eigenvalue weighted by molar-refractivity contribution is 7.71. The van der Waals surface area contributed by atoms with E-state index in [1.165, 1.54) is 4.57 Å². The Balaban J connectivity index is 1.70. The predicted molar refractivity (Wildman–Crippen MR) is 128 cm³/mol. The van der Waals surface area contributed by atoms with Crippen molar-refractivity contribution in [1.29, 1.82) is 5.26 Å². The Bertz CT molecular complexity index is 1510. The van der Waals surface area contributed by atoms with Crippen LogP contribution < -0.4 is 10.9 Å². The monoisotopic (exact) mass is 440 g/mol. The summed E-state index contributed by atoms with van der Waals surface area (Å²) in [6, 6.07) is 19.8. The number of H-pyrrole nitrogens is 1. The van der Waals surface area contributed by atoms with E-state index in [1.807, 2.05) is 32.0 Å². The lowest BCUT2D eigenvalue weighted by atomic mass is 10.1. The summed E-state index contributed by atoms with van der Waals surface area (Å²) in [5, 5.41) is 12.0. The third-order valence-corrected chi connectivity index (χ3v) is 5.76. The maximum absolute atomic E-state index is 13.2. The summed E-state index contributed by atoms with van der Waals surface area (Å²) in [4.78, 5) is 29.0. The van der Waals surface area contributed by atoms with E-state index in [2.05, 4.69) is 16.4 Å². The molecular weight excluding hydrogens is 420 g/mol. The number of carbonyl (C=O) groups is 1. The summed E-state index contributed by atoms with van der Waals surface area (Å²) in [5.41, 5.74) is 4.93. The van der Waals surface area contributed by atoms with Gasteiger partial charge in [-0.15, -0.1) is 0 Å². The van der Waals surface area contributed by atoms with Gasteiger partial charge in [0.2, 0.25) is 0 Å². The van der Waals surface area contributed by atoms with Gasteiger partial charge >= 0.3 is 0 Å². The van der Waals surface area contributed by atoms with Gasteiger partial charge in [0, 0.05) is 11.3 Å². The highest BCUT2D eigenvalue weighted by Gasteiger charge is 2.13. The van der Waals surface area contributed by atoms with Gasteiger partial charge in [-0.1, -0.05) is 24.3 Å². The van der Waals surface area contributed by atoms with Crippen LogP contribution in [0.3, 0.4) is 0 Å². The molecule has 0 spiro atoms. The second-order valence-corrected chi connectivity index (χ2v) is 7.92. The number of anilines is 1. The molecule has 7 heteroatoms. The molecule has 0 atom stereocenters. The molecule has 2 N–H and O–H groups in total. The standard InChI is InChI=1S/C25H20N4O2S/c1-15-4-3-5-22(16(15)2)29-24(31)20-11-8-18(14-21(20)28-25(29)32)23(30)27-19-9-6-17(7-10-19)12-13-26/h3-11,14H,12H2,1-2H3,(H,27,30)(H,28,32). The first kappa shape index (κ1) is 21.2. The Kier molecular flexibility index (Phi) is 5.71. The number of nitrogens with zero attached hydrogens (tertiary/aromatic N) is 2. The van der Waals surface area contributed by atoms with Crippen molar-refractivity contribution >= 4 is 34.7 Å². The minimum atomic E-state index is -0.307. The second-order valence-electron chi connectivity index (χ2n) is 7.54. The zero-order chi connectivity index (χ0) is 22.8. The Morgan fingerprint density at radius 3 is 2.59 bits per heavy atom. The summed E-state index contributed by atoms with van der Waals surface area (Å²) in [6.45, 7) is 3.94. The zero-order valence-corrected chi connectivity index (χ0v) is 18.4. The number of hydrogen-bond acceptors (Lipinski definition) is 4. The summed E-state index contributed by atoms with van der Waals surface area (Å²) in [6.07, 6.45) is 0.317. The van der Waals surface area contributed by atoms with Crippen LogP contribution in [0.5, 0.6) is 0 Å². The molecule has 0 saturated carbocycles. The van der Waals surface area contributed by atoms with Crippen molar-refractivity contribution in [3.05, 3.63) is 98.0 Å². The summed E-state index contributed by atoms with van der Waals surface area (Å²) >= 11 is 5.48. The maximum Gasteiger partial charge on any atom is 0.266 e. The number of aryl methyl sites for hydroxylation is 1. The molecule has 4 aromatic rings. The summed E-state index contributed by atoms with van der Waals surface area (Å²) in [7, 11) is 0. The van der Waals surface area contributed by atoms with E-state index >= 15 is 0 Å². The summed E-state index contributed by atoms with van der Waals surface area (Å²) < 4.78 is 1.75. The van der Waals surface area contributed by atoms with Crippen molar-refractivity contribution in [3.63, 3.8) is 0 Å². The molecular formula is C25H20N4O2S. The van der Waals surface area contributed by atoms with Crippen LogP contribution >= 0.6 is 12.2 Å². The summed E-state index contributed by atoms with van der Waals surface area (Å²) in [5.74, 6) is -0.307. The molecule has 0 aliphatic heterocycles. The smallest absolute Gasteiger partial charge is 0.266 e. The van der Waals surface area contributed by atoms with Crippen LogP contribution in [-0.4, -0.2) is 15.5 Å². The molecule has 0 unspecified atom stereocenters. The van der Waals surface area contributed by atoms with Crippen LogP contribution in [0.2, 0.25) is 0 Å². The van der Waals surface area contributed by atoms with E-state index < -0.39 is 0 Å². The highest BCUT2D eigenvalue weighted by atomic mass is 32.1. The number of aromatic nitrogens is 2. The first-order chi connectivity index (χ1) is 15.4. The number of benzene rings is 3. The SMILES string of the molecule is Cc1cccc(-n2c(=S)[nH]c3cc(C(=O)Nc4ccc(CC#N)cc4)ccc3c2=O)c1C. The Morgan fingerprint density at radius 2 is 1.88 bits per heavy atom. The lowest BCUT2D eigenvalue weighted by Gasteiger charge is -2.13. The molecule has 0 bridgehead atoms. The second kappa shape index (κ2) is 8.61. The molecule has 0 aliphatic rings. The van der Waals surface area contributed by atoms with Crippen LogP contribution in [-0.2, 0) is 6.42 Å². The van der Waals surface area contributed by atoms with Gasteiger partial charge in [-0.25, -0.2) is 0 Å². The predicted octanol–water partition coefficient (Wildman–Crippen LogP) is 4.98. The number of nitrogens with one attached hydrogen (secondary N) is 2. The molecule has 4 rings (SSSR count). The average molecular weight is 441 g/mol. The fourth-order valence-corrected chi connectivity index (χ4v) is 3.85. The number of hydrogen-bond donors (Lipinski definition) is 2. The molecule has 0 aliphatic carbocycles. The van der Waals surface area contributed by atoms with Crippen molar-refractivity contribution in [2.75, 3.05) is 5.32 Å². The topological polar surface area (TPSA) is 90.7 Å². The molecule has 3 aromatic carbocycles. The van der Waals surface area contributed by atoms with Gasteiger partial charge in [0.15, 0.2) is 4.77 Å². The number of nitriles is 1. The van der Waals surface area contributed by atoms with Gasteiger partial charge in [-0.2, -0.15) is 5.26 Å². The third-order valence-electron chi connectivity index (χ3n) is 5.47. The molecule has 0 radical (unpaired) electrons. The van der Waals surface area contributed by atoms with Gasteiger partial charge < -0.3 is 10.3 Å². The van der Waals surface area contributed by atoms with Crippen molar-refractivity contribution in [2.24, 2.45) is 0 Å². The van der Waals surface area contributed by atoms with Crippen LogP contribution in [0.1, 0.15) is 27.0 Å². The van der Waals surface area contributed by atoms with Crippen LogP contribution in [0.15, 0.2) is 65.5 Å². The van der Waals surface area contributed by atoms with Crippen LogP contribution in [0.4, 0.5) is 5.69 Å². The van der Waals surface area contributed by atoms with Gasteiger partial charge in [0.25, 0.3) is 11.5 Å². The third kappa shape index (κ3) is 3.96. The number of amides is 1. The molecule has 0 fully saturated rings. The van der Waals surface area contributed by atoms with Crippen molar-refractivity contribution in [3.8, 4) is 11.8 Å². The Hall–Kier alpha value is -4.02. The number of rotatable bonds is 4. The highest BCUT2D eigenvalue weighted by Crippen LogP contribution is 2.19. The molecule has 158 valence electrons. The van der Waals surface area contributed by atoms with Gasteiger partial charge in [0.1, 0.15) is 0 Å². The minimum absolute atomic E-state index is 0.238. The lowest BCUT2D eigenvalue weighted by Crippen LogP contribution is -2.22. The van der Waals surface area contributed by atoms with E-state index in [-0.39, 0.29) is 16.2 Å². The maximum atomic E-state index is 13.2. The fourth-order valence-electron chi connectivity index (χ4n) is 3.56. The van der Waals surface area contributed by atoms with E-state index in [1.54, 1.807) is 42.5 Å². The molecule has 32 heavy (non-hydrogen) atoms. The average Bonchev–Trinajstić information content (AvgIpc) is 2.77. The quantitative estimate of drug-likeness (QED) is 0.438. The van der Waals surface area contributed by atoms with Gasteiger partial charge in [0.05, 0.1) is 29.1 Å². The van der Waals surface area contributed by atoms with E-state index in [0.717, 1.165) is 22.4 Å². The Labute approximate surface area is 189 Å². The van der Waals surface area contributed by atoms with Gasteiger partial charge in [-0.3, -0.25) is 14.2 Å². The van der Waals surface area contributed by atoms with Crippen molar-refractivity contribution in [1.82, 2.24) is 9.55 Å². The molecule has 1 heterocycles. The number of fused-ring (bicyclic) bond motifs is 1. The first-order valence-electron chi connectivity index (χ1n) is 10.0.